The van der Waals surface area contributed by atoms with E-state index in [1.807, 2.05) is 0 Å². The molecule has 0 saturated carbocycles. The Bertz CT molecular complexity index is 301. The lowest BCUT2D eigenvalue weighted by molar-refractivity contribution is 0.109. The van der Waals surface area contributed by atoms with Crippen molar-refractivity contribution in [1.82, 2.24) is 0 Å². The van der Waals surface area contributed by atoms with E-state index in [4.69, 9.17) is 9.47 Å². The van der Waals surface area contributed by atoms with Crippen LogP contribution < -0.4 is 4.74 Å². The number of fused-ring (bicyclic) bond motifs is 1. The van der Waals surface area contributed by atoms with Gasteiger partial charge in [0.15, 0.2) is 0 Å². The number of hydrogen-bond acceptors (Lipinski definition) is 2. The van der Waals surface area contributed by atoms with Crippen LogP contribution in [0.5, 0.6) is 5.75 Å². The molecular weight excluding hydrogens is 164 g/mol. The number of rotatable bonds is 1. The maximum Gasteiger partial charge on any atom is 0.122 e. The second kappa shape index (κ2) is 3.38. The van der Waals surface area contributed by atoms with Crippen LogP contribution in [0.25, 0.3) is 0 Å². The molecule has 0 aromatic heterocycles. The molecule has 1 aromatic rings. The summed E-state index contributed by atoms with van der Waals surface area (Å²) in [5.41, 5.74) is 3.84. The standard InChI is InChI=1S/C11H14O2/c1-8-5-9-7-13-4-3-10(9)11(6-8)12-2/h5-6H,3-4,7H2,1-2H3. The molecule has 0 unspecified atom stereocenters. The zero-order valence-corrected chi connectivity index (χ0v) is 8.09. The molecule has 0 radical (unpaired) electrons. The van der Waals surface area contributed by atoms with E-state index in [2.05, 4.69) is 19.1 Å². The molecule has 0 spiro atoms. The highest BCUT2D eigenvalue weighted by atomic mass is 16.5. The Hall–Kier alpha value is -1.02. The van der Waals surface area contributed by atoms with Crippen LogP contribution in [-0.4, -0.2) is 13.7 Å². The minimum atomic E-state index is 0.730. The first kappa shape index (κ1) is 8.57. The lowest BCUT2D eigenvalue weighted by atomic mass is 10.00. The Morgan fingerprint density at radius 2 is 2.23 bits per heavy atom. The van der Waals surface area contributed by atoms with Gasteiger partial charge >= 0.3 is 0 Å². The van der Waals surface area contributed by atoms with Crippen molar-refractivity contribution in [2.75, 3.05) is 13.7 Å². The van der Waals surface area contributed by atoms with Gasteiger partial charge in [0.05, 0.1) is 20.3 Å². The van der Waals surface area contributed by atoms with Gasteiger partial charge in [-0.25, -0.2) is 0 Å². The minimum Gasteiger partial charge on any atom is -0.496 e. The van der Waals surface area contributed by atoms with E-state index >= 15 is 0 Å². The van der Waals surface area contributed by atoms with Crippen molar-refractivity contribution in [3.05, 3.63) is 28.8 Å². The van der Waals surface area contributed by atoms with Crippen LogP contribution in [-0.2, 0) is 17.8 Å². The first-order valence-corrected chi connectivity index (χ1v) is 4.55. The molecule has 0 atom stereocenters. The summed E-state index contributed by atoms with van der Waals surface area (Å²) in [4.78, 5) is 0. The van der Waals surface area contributed by atoms with Gasteiger partial charge in [-0.1, -0.05) is 6.07 Å². The predicted molar refractivity (Wildman–Crippen MR) is 51.1 cm³/mol. The van der Waals surface area contributed by atoms with E-state index in [9.17, 15) is 0 Å². The van der Waals surface area contributed by atoms with Crippen molar-refractivity contribution in [3.63, 3.8) is 0 Å². The summed E-state index contributed by atoms with van der Waals surface area (Å²) < 4.78 is 10.7. The third kappa shape index (κ3) is 1.54. The molecule has 1 aliphatic rings. The zero-order chi connectivity index (χ0) is 9.26. The molecule has 0 aliphatic carbocycles. The van der Waals surface area contributed by atoms with E-state index in [0.717, 1.165) is 25.4 Å². The van der Waals surface area contributed by atoms with Crippen LogP contribution >= 0.6 is 0 Å². The molecular formula is C11H14O2. The Labute approximate surface area is 78.5 Å². The SMILES string of the molecule is COc1cc(C)cc2c1CCOC2. The largest absolute Gasteiger partial charge is 0.496 e. The second-order valence-corrected chi connectivity index (χ2v) is 3.41. The summed E-state index contributed by atoms with van der Waals surface area (Å²) in [7, 11) is 1.73. The predicted octanol–water partition coefficient (Wildman–Crippen LogP) is 2.08. The second-order valence-electron chi connectivity index (χ2n) is 3.41. The van der Waals surface area contributed by atoms with E-state index in [1.165, 1.54) is 16.7 Å². The highest BCUT2D eigenvalue weighted by molar-refractivity contribution is 5.44. The Kier molecular flexibility index (Phi) is 2.23. The zero-order valence-electron chi connectivity index (χ0n) is 8.09. The molecule has 0 fully saturated rings. The first-order valence-electron chi connectivity index (χ1n) is 4.55. The fourth-order valence-electron chi connectivity index (χ4n) is 1.81. The average molecular weight is 178 g/mol. The molecule has 1 aliphatic heterocycles. The summed E-state index contributed by atoms with van der Waals surface area (Å²) in [6.07, 6.45) is 0.971. The molecule has 1 aromatic carbocycles. The van der Waals surface area contributed by atoms with Crippen LogP contribution in [0, 0.1) is 6.92 Å². The third-order valence-corrected chi connectivity index (χ3v) is 2.42. The van der Waals surface area contributed by atoms with Gasteiger partial charge in [-0.2, -0.15) is 0 Å². The smallest absolute Gasteiger partial charge is 0.122 e. The van der Waals surface area contributed by atoms with E-state index < -0.39 is 0 Å². The van der Waals surface area contributed by atoms with Crippen LogP contribution in [0.1, 0.15) is 16.7 Å². The molecule has 13 heavy (non-hydrogen) atoms. The number of ether oxygens (including phenoxy) is 2. The van der Waals surface area contributed by atoms with E-state index in [-0.39, 0.29) is 0 Å². The lowest BCUT2D eigenvalue weighted by Crippen LogP contribution is -2.11. The Balaban J connectivity index is 2.50. The highest BCUT2D eigenvalue weighted by Gasteiger charge is 2.14. The Morgan fingerprint density at radius 3 is 3.00 bits per heavy atom. The monoisotopic (exact) mass is 178 g/mol. The van der Waals surface area contributed by atoms with Gasteiger partial charge in [-0.15, -0.1) is 0 Å². The maximum absolute atomic E-state index is 5.39. The topological polar surface area (TPSA) is 18.5 Å². The van der Waals surface area contributed by atoms with Gasteiger partial charge in [-0.05, 0) is 30.5 Å². The molecule has 0 N–H and O–H groups in total. The molecule has 2 heteroatoms. The molecule has 2 nitrogen and oxygen atoms in total. The number of methoxy groups -OCH3 is 1. The fourth-order valence-corrected chi connectivity index (χ4v) is 1.81. The van der Waals surface area contributed by atoms with Gasteiger partial charge in [0.25, 0.3) is 0 Å². The van der Waals surface area contributed by atoms with E-state index in [1.54, 1.807) is 7.11 Å². The summed E-state index contributed by atoms with van der Waals surface area (Å²) in [6, 6.07) is 4.27. The maximum atomic E-state index is 5.39. The van der Waals surface area contributed by atoms with Gasteiger partial charge < -0.3 is 9.47 Å². The highest BCUT2D eigenvalue weighted by Crippen LogP contribution is 2.28. The summed E-state index contributed by atoms with van der Waals surface area (Å²) in [5, 5.41) is 0. The summed E-state index contributed by atoms with van der Waals surface area (Å²) >= 11 is 0. The molecule has 2 rings (SSSR count). The molecule has 1 heterocycles. The van der Waals surface area contributed by atoms with Crippen LogP contribution in [0.2, 0.25) is 0 Å². The van der Waals surface area contributed by atoms with Crippen LogP contribution in [0.15, 0.2) is 12.1 Å². The fraction of sp³-hybridized carbons (Fsp3) is 0.455. The number of hydrogen-bond donors (Lipinski definition) is 0. The molecule has 0 amide bonds. The number of aryl methyl sites for hydroxylation is 1. The van der Waals surface area contributed by atoms with Crippen molar-refractivity contribution in [3.8, 4) is 5.75 Å². The summed E-state index contributed by atoms with van der Waals surface area (Å²) in [6.45, 7) is 3.62. The molecule has 70 valence electrons. The normalized spacial score (nSPS) is 15.2. The summed E-state index contributed by atoms with van der Waals surface area (Å²) in [5.74, 6) is 1.01. The Morgan fingerprint density at radius 1 is 1.38 bits per heavy atom. The molecule has 0 bridgehead atoms. The molecule has 0 saturated heterocycles. The lowest BCUT2D eigenvalue weighted by Gasteiger charge is -2.19. The first-order chi connectivity index (χ1) is 6.31. The van der Waals surface area contributed by atoms with Gasteiger partial charge in [0.1, 0.15) is 5.75 Å². The van der Waals surface area contributed by atoms with Crippen molar-refractivity contribution in [1.29, 1.82) is 0 Å². The van der Waals surface area contributed by atoms with E-state index in [0.29, 0.717) is 0 Å². The number of benzene rings is 1. The van der Waals surface area contributed by atoms with Crippen molar-refractivity contribution in [2.45, 2.75) is 20.0 Å². The van der Waals surface area contributed by atoms with Gasteiger partial charge in [0, 0.05) is 5.56 Å². The van der Waals surface area contributed by atoms with Gasteiger partial charge in [0.2, 0.25) is 0 Å². The van der Waals surface area contributed by atoms with Crippen molar-refractivity contribution < 1.29 is 9.47 Å². The van der Waals surface area contributed by atoms with Crippen LogP contribution in [0.4, 0.5) is 0 Å². The third-order valence-electron chi connectivity index (χ3n) is 2.42. The quantitative estimate of drug-likeness (QED) is 0.655. The van der Waals surface area contributed by atoms with Crippen molar-refractivity contribution in [2.24, 2.45) is 0 Å². The minimum absolute atomic E-state index is 0.730. The van der Waals surface area contributed by atoms with Gasteiger partial charge in [-0.3, -0.25) is 0 Å². The average Bonchev–Trinajstić information content (AvgIpc) is 2.16. The van der Waals surface area contributed by atoms with Crippen LogP contribution in [0.3, 0.4) is 0 Å². The van der Waals surface area contributed by atoms with Crippen molar-refractivity contribution >= 4 is 0 Å².